The third-order valence-electron chi connectivity index (χ3n) is 5.29. The van der Waals surface area contributed by atoms with Crippen molar-refractivity contribution in [1.29, 1.82) is 0 Å². The minimum absolute atomic E-state index is 0.0657. The topological polar surface area (TPSA) is 113 Å². The molecule has 1 N–H and O–H groups in total. The van der Waals surface area contributed by atoms with Crippen molar-refractivity contribution in [3.63, 3.8) is 0 Å². The molecule has 32 heavy (non-hydrogen) atoms. The number of sulfonamides is 1. The molecular weight excluding hydrogens is 463 g/mol. The van der Waals surface area contributed by atoms with Gasteiger partial charge in [-0.2, -0.15) is 4.31 Å². The first-order chi connectivity index (χ1) is 15.1. The Labute approximate surface area is 190 Å². The number of piperazine rings is 1. The molecule has 1 fully saturated rings. The summed E-state index contributed by atoms with van der Waals surface area (Å²) in [4.78, 5) is 24.7. The molecule has 0 radical (unpaired) electrons. The van der Waals surface area contributed by atoms with Crippen LogP contribution < -0.4 is 5.32 Å². The average Bonchev–Trinajstić information content (AvgIpc) is 2.75. The quantitative estimate of drug-likeness (QED) is 0.477. The lowest BCUT2D eigenvalue weighted by atomic mass is 10.1. The van der Waals surface area contributed by atoms with Gasteiger partial charge in [-0.1, -0.05) is 17.7 Å². The summed E-state index contributed by atoms with van der Waals surface area (Å²) in [5.74, 6) is -0.974. The predicted octanol–water partition coefficient (Wildman–Crippen LogP) is 3.03. The van der Waals surface area contributed by atoms with E-state index in [0.717, 1.165) is 12.1 Å². The fourth-order valence-corrected chi connectivity index (χ4v) is 5.10. The van der Waals surface area contributed by atoms with Gasteiger partial charge in [0, 0.05) is 45.2 Å². The highest BCUT2D eigenvalue weighted by molar-refractivity contribution is 7.89. The van der Waals surface area contributed by atoms with Crippen molar-refractivity contribution in [2.24, 2.45) is 0 Å². The zero-order valence-corrected chi connectivity index (χ0v) is 18.8. The number of carbonyl (C=O) groups is 1. The fraction of sp³-hybridized carbons (Fsp3) is 0.350. The van der Waals surface area contributed by atoms with Crippen LogP contribution in [0.15, 0.2) is 41.3 Å². The Morgan fingerprint density at radius 2 is 1.91 bits per heavy atom. The number of rotatable bonds is 7. The maximum Gasteiger partial charge on any atom is 0.274 e. The Bertz CT molecular complexity index is 1140. The highest BCUT2D eigenvalue weighted by atomic mass is 35.5. The molecule has 0 unspecified atom stereocenters. The van der Waals surface area contributed by atoms with Crippen LogP contribution in [0.2, 0.25) is 5.02 Å². The van der Waals surface area contributed by atoms with E-state index in [9.17, 15) is 27.7 Å². The van der Waals surface area contributed by atoms with Crippen LogP contribution in [-0.2, 0) is 14.8 Å². The van der Waals surface area contributed by atoms with E-state index in [1.807, 2.05) is 4.90 Å². The molecule has 0 aliphatic carbocycles. The van der Waals surface area contributed by atoms with Gasteiger partial charge in [0.05, 0.1) is 26.1 Å². The first-order valence-corrected chi connectivity index (χ1v) is 11.6. The summed E-state index contributed by atoms with van der Waals surface area (Å²) >= 11 is 5.71. The van der Waals surface area contributed by atoms with Gasteiger partial charge in [-0.25, -0.2) is 12.8 Å². The maximum absolute atomic E-state index is 13.3. The van der Waals surface area contributed by atoms with E-state index in [-0.39, 0.29) is 41.0 Å². The highest BCUT2D eigenvalue weighted by Gasteiger charge is 2.29. The molecule has 0 saturated carbocycles. The maximum atomic E-state index is 13.3. The summed E-state index contributed by atoms with van der Waals surface area (Å²) in [5.41, 5.74) is 0.700. The van der Waals surface area contributed by atoms with Gasteiger partial charge in [-0.05, 0) is 31.2 Å². The monoisotopic (exact) mass is 484 g/mol. The van der Waals surface area contributed by atoms with Gasteiger partial charge in [0.25, 0.3) is 5.69 Å². The number of carbonyl (C=O) groups excluding carboxylic acids is 1. The summed E-state index contributed by atoms with van der Waals surface area (Å²) in [6.07, 6.45) is 0.155. The number of nitrogens with zero attached hydrogens (tertiary/aromatic N) is 3. The summed E-state index contributed by atoms with van der Waals surface area (Å²) in [6, 6.07) is 7.79. The van der Waals surface area contributed by atoms with Crippen LogP contribution in [0.1, 0.15) is 12.0 Å². The number of halogens is 2. The van der Waals surface area contributed by atoms with Crippen molar-refractivity contribution in [3.8, 4) is 0 Å². The van der Waals surface area contributed by atoms with Crippen molar-refractivity contribution in [3.05, 3.63) is 62.9 Å². The summed E-state index contributed by atoms with van der Waals surface area (Å²) < 4.78 is 40.1. The Morgan fingerprint density at radius 3 is 2.53 bits per heavy atom. The van der Waals surface area contributed by atoms with Gasteiger partial charge in [0.15, 0.2) is 0 Å². The molecule has 0 atom stereocenters. The minimum atomic E-state index is -3.79. The van der Waals surface area contributed by atoms with Crippen LogP contribution in [0.5, 0.6) is 0 Å². The van der Waals surface area contributed by atoms with Crippen molar-refractivity contribution < 1.29 is 22.5 Å². The van der Waals surface area contributed by atoms with Crippen LogP contribution in [0.3, 0.4) is 0 Å². The number of nitro groups is 1. The second-order valence-corrected chi connectivity index (χ2v) is 9.67. The van der Waals surface area contributed by atoms with E-state index in [1.165, 1.54) is 22.5 Å². The predicted molar refractivity (Wildman–Crippen MR) is 118 cm³/mol. The molecule has 2 aromatic carbocycles. The normalized spacial score (nSPS) is 15.5. The average molecular weight is 485 g/mol. The van der Waals surface area contributed by atoms with Crippen molar-refractivity contribution >= 4 is 38.9 Å². The Hall–Kier alpha value is -2.60. The highest BCUT2D eigenvalue weighted by Crippen LogP contribution is 2.25. The molecule has 172 valence electrons. The third-order valence-corrected chi connectivity index (χ3v) is 7.48. The Morgan fingerprint density at radius 1 is 1.22 bits per heavy atom. The number of hydrogen-bond donors (Lipinski definition) is 1. The van der Waals surface area contributed by atoms with E-state index in [2.05, 4.69) is 5.32 Å². The molecule has 1 saturated heterocycles. The second kappa shape index (κ2) is 9.90. The molecule has 1 heterocycles. The largest absolute Gasteiger partial charge is 0.326 e. The van der Waals surface area contributed by atoms with Crippen molar-refractivity contribution in [2.45, 2.75) is 18.2 Å². The zero-order valence-electron chi connectivity index (χ0n) is 17.3. The fourth-order valence-electron chi connectivity index (χ4n) is 3.41. The minimum Gasteiger partial charge on any atom is -0.326 e. The molecule has 3 rings (SSSR count). The van der Waals surface area contributed by atoms with Crippen molar-refractivity contribution in [2.75, 3.05) is 38.0 Å². The lowest BCUT2D eigenvalue weighted by Crippen LogP contribution is -2.49. The van der Waals surface area contributed by atoms with E-state index in [4.69, 9.17) is 11.6 Å². The van der Waals surface area contributed by atoms with Gasteiger partial charge in [-0.3, -0.25) is 14.9 Å². The molecule has 0 bridgehead atoms. The van der Waals surface area contributed by atoms with E-state index in [1.54, 1.807) is 13.0 Å². The Kier molecular flexibility index (Phi) is 7.44. The van der Waals surface area contributed by atoms with Gasteiger partial charge < -0.3 is 10.2 Å². The second-order valence-electron chi connectivity index (χ2n) is 7.33. The number of hydrogen-bond acceptors (Lipinski definition) is 6. The molecule has 12 heteroatoms. The first kappa shape index (κ1) is 24.1. The number of nitro benzene ring substituents is 1. The van der Waals surface area contributed by atoms with E-state index >= 15 is 0 Å². The number of anilines is 1. The zero-order chi connectivity index (χ0) is 23.5. The molecule has 9 nitrogen and oxygen atoms in total. The SMILES string of the molecule is Cc1c(NC(=O)CCN2CCN(S(=O)(=O)c3ccc(F)c(Cl)c3)CC2)cccc1[N+](=O)[O-]. The summed E-state index contributed by atoms with van der Waals surface area (Å²) in [7, 11) is -3.79. The number of benzene rings is 2. The summed E-state index contributed by atoms with van der Waals surface area (Å²) in [5, 5.41) is 13.5. The number of nitrogens with one attached hydrogen (secondary N) is 1. The van der Waals surface area contributed by atoms with E-state index < -0.39 is 20.8 Å². The van der Waals surface area contributed by atoms with Crippen LogP contribution in [0, 0.1) is 22.9 Å². The van der Waals surface area contributed by atoms with Gasteiger partial charge in [-0.15, -0.1) is 0 Å². The molecule has 0 aromatic heterocycles. The molecule has 0 spiro atoms. The molecular formula is C20H22ClFN4O5S. The molecule has 1 aliphatic heterocycles. The smallest absolute Gasteiger partial charge is 0.274 e. The molecule has 2 aromatic rings. The van der Waals surface area contributed by atoms with Gasteiger partial charge in [0.1, 0.15) is 5.82 Å². The number of amides is 1. The summed E-state index contributed by atoms with van der Waals surface area (Å²) in [6.45, 7) is 3.29. The third kappa shape index (κ3) is 5.41. The standard InChI is InChI=1S/C20H22ClFN4O5S/c1-14-18(3-2-4-19(14)26(28)29)23-20(27)7-8-24-9-11-25(12-10-24)32(30,31)15-5-6-17(22)16(21)13-15/h2-6,13H,7-12H2,1H3,(H,23,27). The van der Waals surface area contributed by atoms with Crippen LogP contribution >= 0.6 is 11.6 Å². The lowest BCUT2D eigenvalue weighted by Gasteiger charge is -2.33. The van der Waals surface area contributed by atoms with E-state index in [0.29, 0.717) is 30.9 Å². The van der Waals surface area contributed by atoms with Crippen molar-refractivity contribution in [1.82, 2.24) is 9.21 Å². The van der Waals surface area contributed by atoms with Gasteiger partial charge in [0.2, 0.25) is 15.9 Å². The molecule has 1 aliphatic rings. The first-order valence-electron chi connectivity index (χ1n) is 9.81. The van der Waals surface area contributed by atoms with Crippen LogP contribution in [0.25, 0.3) is 0 Å². The van der Waals surface area contributed by atoms with Crippen LogP contribution in [-0.4, -0.2) is 61.2 Å². The molecule has 1 amide bonds. The lowest BCUT2D eigenvalue weighted by molar-refractivity contribution is -0.385. The van der Waals surface area contributed by atoms with Gasteiger partial charge >= 0.3 is 0 Å². The Balaban J connectivity index is 1.52. The van der Waals surface area contributed by atoms with Crippen LogP contribution in [0.4, 0.5) is 15.8 Å².